The van der Waals surface area contributed by atoms with Gasteiger partial charge in [-0.3, -0.25) is 0 Å². The summed E-state index contributed by atoms with van der Waals surface area (Å²) in [7, 11) is 0. The molecule has 0 heterocycles. The first-order valence-corrected chi connectivity index (χ1v) is 11.0. The molecule has 0 bridgehead atoms. The molecule has 142 valence electrons. The van der Waals surface area contributed by atoms with Gasteiger partial charge < -0.3 is 0 Å². The fourth-order valence-corrected chi connectivity index (χ4v) is 4.18. The summed E-state index contributed by atoms with van der Waals surface area (Å²) in [5, 5.41) is 0. The van der Waals surface area contributed by atoms with Gasteiger partial charge in [0.2, 0.25) is 0 Å². The summed E-state index contributed by atoms with van der Waals surface area (Å²) in [5.41, 5.74) is 5.11. The molecule has 0 saturated heterocycles. The minimum atomic E-state index is 0.885. The van der Waals surface area contributed by atoms with E-state index in [4.69, 9.17) is 0 Å². The van der Waals surface area contributed by atoms with E-state index in [1.54, 1.807) is 0 Å². The van der Waals surface area contributed by atoms with Crippen LogP contribution in [0, 0.1) is 23.7 Å². The van der Waals surface area contributed by atoms with Gasteiger partial charge >= 0.3 is 0 Å². The van der Waals surface area contributed by atoms with Gasteiger partial charge in [-0.15, -0.1) is 0 Å². The molecule has 1 saturated carbocycles. The third kappa shape index (κ3) is 6.28. The zero-order chi connectivity index (χ0) is 18.9. The van der Waals surface area contributed by atoms with Crippen molar-refractivity contribution in [1.29, 1.82) is 0 Å². The van der Waals surface area contributed by atoms with Crippen LogP contribution in [0.25, 0.3) is 0 Å². The Morgan fingerprint density at radius 3 is 1.74 bits per heavy atom. The number of unbranched alkanes of at least 4 members (excludes halogenated alkanes) is 1. The van der Waals surface area contributed by atoms with Crippen LogP contribution in [0.5, 0.6) is 0 Å². The van der Waals surface area contributed by atoms with E-state index in [-0.39, 0.29) is 0 Å². The summed E-state index contributed by atoms with van der Waals surface area (Å²) in [6, 6.07) is 17.7. The van der Waals surface area contributed by atoms with Crippen LogP contribution < -0.4 is 0 Å². The highest BCUT2D eigenvalue weighted by Gasteiger charge is 2.19. The predicted octanol–water partition coefficient (Wildman–Crippen LogP) is 7.19. The van der Waals surface area contributed by atoms with Crippen LogP contribution in [0.2, 0.25) is 0 Å². The van der Waals surface area contributed by atoms with E-state index >= 15 is 0 Å². The van der Waals surface area contributed by atoms with Gasteiger partial charge in [0.1, 0.15) is 0 Å². The Hall–Kier alpha value is -2.00. The molecule has 0 atom stereocenters. The Kier molecular flexibility index (Phi) is 7.58. The minimum absolute atomic E-state index is 0.885. The molecule has 2 aromatic carbocycles. The largest absolute Gasteiger partial charge is 0.0654 e. The summed E-state index contributed by atoms with van der Waals surface area (Å²) in [4.78, 5) is 0. The second kappa shape index (κ2) is 10.4. The highest BCUT2D eigenvalue weighted by Crippen LogP contribution is 2.32. The zero-order valence-corrected chi connectivity index (χ0v) is 17.1. The summed E-state index contributed by atoms with van der Waals surface area (Å²) in [6.45, 7) is 4.58. The number of aryl methyl sites for hydroxylation is 1. The maximum Gasteiger partial charge on any atom is 0.0249 e. The van der Waals surface area contributed by atoms with Gasteiger partial charge in [0, 0.05) is 11.1 Å². The first-order chi connectivity index (χ1) is 13.3. The molecular weight excluding hydrogens is 324 g/mol. The molecule has 0 nitrogen and oxygen atoms in total. The van der Waals surface area contributed by atoms with Gasteiger partial charge in [-0.25, -0.2) is 0 Å². The van der Waals surface area contributed by atoms with Crippen molar-refractivity contribution in [3.63, 3.8) is 0 Å². The quantitative estimate of drug-likeness (QED) is 0.479. The van der Waals surface area contributed by atoms with Crippen molar-refractivity contribution in [3.8, 4) is 11.8 Å². The molecule has 0 heteroatoms. The number of rotatable bonds is 6. The predicted molar refractivity (Wildman–Crippen MR) is 117 cm³/mol. The number of benzene rings is 2. The number of hydrogen-bond donors (Lipinski definition) is 0. The smallest absolute Gasteiger partial charge is 0.0249 e. The lowest BCUT2D eigenvalue weighted by molar-refractivity contribution is 0.268. The van der Waals surface area contributed by atoms with Gasteiger partial charge in [-0.2, -0.15) is 0 Å². The standard InChI is InChI=1S/C27H34/c1-3-5-6-23-9-11-24(12-10-23)13-14-25-15-19-27(20-16-25)21-26-17-7-22(4-2)8-18-26/h9-12,15-16,19-20,22,26H,3-8,17-18,21H2,1-2H3. The van der Waals surface area contributed by atoms with Crippen molar-refractivity contribution in [3.05, 3.63) is 70.8 Å². The molecule has 1 aliphatic carbocycles. The van der Waals surface area contributed by atoms with Crippen LogP contribution in [0.3, 0.4) is 0 Å². The van der Waals surface area contributed by atoms with Crippen molar-refractivity contribution in [2.45, 2.75) is 71.6 Å². The maximum atomic E-state index is 3.32. The molecule has 0 aromatic heterocycles. The second-order valence-electron chi connectivity index (χ2n) is 8.25. The van der Waals surface area contributed by atoms with Crippen molar-refractivity contribution in [1.82, 2.24) is 0 Å². The summed E-state index contributed by atoms with van der Waals surface area (Å²) < 4.78 is 0. The Bertz CT molecular complexity index is 731. The fraction of sp³-hybridized carbons (Fsp3) is 0.481. The van der Waals surface area contributed by atoms with Crippen molar-refractivity contribution < 1.29 is 0 Å². The maximum absolute atomic E-state index is 3.32. The number of hydrogen-bond acceptors (Lipinski definition) is 0. The summed E-state index contributed by atoms with van der Waals surface area (Å²) >= 11 is 0. The highest BCUT2D eigenvalue weighted by atomic mass is 14.2. The fourth-order valence-electron chi connectivity index (χ4n) is 4.18. The Balaban J connectivity index is 1.53. The lowest BCUT2D eigenvalue weighted by Crippen LogP contribution is -2.15. The van der Waals surface area contributed by atoms with Gasteiger partial charge in [0.15, 0.2) is 0 Å². The average Bonchev–Trinajstić information content (AvgIpc) is 2.73. The molecule has 0 aliphatic heterocycles. The van der Waals surface area contributed by atoms with Gasteiger partial charge in [-0.1, -0.05) is 75.6 Å². The Morgan fingerprint density at radius 1 is 0.704 bits per heavy atom. The van der Waals surface area contributed by atoms with E-state index < -0.39 is 0 Å². The molecule has 0 N–H and O–H groups in total. The van der Waals surface area contributed by atoms with E-state index in [0.29, 0.717) is 0 Å². The van der Waals surface area contributed by atoms with Crippen LogP contribution in [0.1, 0.15) is 81.0 Å². The first kappa shape index (κ1) is 19.8. The normalized spacial score (nSPS) is 19.3. The monoisotopic (exact) mass is 358 g/mol. The van der Waals surface area contributed by atoms with Crippen LogP contribution in [-0.4, -0.2) is 0 Å². The van der Waals surface area contributed by atoms with E-state index in [1.807, 2.05) is 0 Å². The molecule has 0 unspecified atom stereocenters. The third-order valence-electron chi connectivity index (χ3n) is 6.15. The molecule has 1 aliphatic rings. The summed E-state index contributed by atoms with van der Waals surface area (Å²) in [6.07, 6.45) is 12.0. The molecule has 2 aromatic rings. The minimum Gasteiger partial charge on any atom is -0.0654 e. The van der Waals surface area contributed by atoms with Gasteiger partial charge in [0.05, 0.1) is 0 Å². The van der Waals surface area contributed by atoms with E-state index in [0.717, 1.165) is 23.0 Å². The molecular formula is C27H34. The van der Waals surface area contributed by atoms with Gasteiger partial charge in [-0.05, 0) is 79.3 Å². The van der Waals surface area contributed by atoms with Crippen LogP contribution in [0.4, 0.5) is 0 Å². The van der Waals surface area contributed by atoms with Crippen molar-refractivity contribution in [2.75, 3.05) is 0 Å². The molecule has 0 radical (unpaired) electrons. The molecule has 0 amide bonds. The van der Waals surface area contributed by atoms with Gasteiger partial charge in [0.25, 0.3) is 0 Å². The Morgan fingerprint density at radius 2 is 1.22 bits per heavy atom. The van der Waals surface area contributed by atoms with E-state index in [1.165, 1.54) is 68.9 Å². The third-order valence-corrected chi connectivity index (χ3v) is 6.15. The molecule has 27 heavy (non-hydrogen) atoms. The first-order valence-electron chi connectivity index (χ1n) is 11.0. The van der Waals surface area contributed by atoms with E-state index in [2.05, 4.69) is 74.2 Å². The van der Waals surface area contributed by atoms with Crippen molar-refractivity contribution >= 4 is 0 Å². The second-order valence-corrected chi connectivity index (χ2v) is 8.25. The van der Waals surface area contributed by atoms with Crippen LogP contribution >= 0.6 is 0 Å². The molecule has 0 spiro atoms. The van der Waals surface area contributed by atoms with E-state index in [9.17, 15) is 0 Å². The Labute approximate surface area is 166 Å². The molecule has 1 fully saturated rings. The van der Waals surface area contributed by atoms with Crippen LogP contribution in [-0.2, 0) is 12.8 Å². The van der Waals surface area contributed by atoms with Crippen LogP contribution in [0.15, 0.2) is 48.5 Å². The summed E-state index contributed by atoms with van der Waals surface area (Å²) in [5.74, 6) is 8.50. The topological polar surface area (TPSA) is 0 Å². The van der Waals surface area contributed by atoms with Crippen molar-refractivity contribution in [2.24, 2.45) is 11.8 Å². The average molecular weight is 359 g/mol. The zero-order valence-electron chi connectivity index (χ0n) is 17.1. The SMILES string of the molecule is CCCCc1ccc(C#Cc2ccc(CC3CCC(CC)CC3)cc2)cc1. The lowest BCUT2D eigenvalue weighted by atomic mass is 9.78. The molecule has 3 rings (SSSR count). The lowest BCUT2D eigenvalue weighted by Gasteiger charge is -2.27. The highest BCUT2D eigenvalue weighted by molar-refractivity contribution is 5.44.